The highest BCUT2D eigenvalue weighted by Crippen LogP contribution is 2.29. The second-order valence-electron chi connectivity index (χ2n) is 10.8. The van der Waals surface area contributed by atoms with Crippen molar-refractivity contribution < 1.29 is 19.4 Å². The van der Waals surface area contributed by atoms with Crippen molar-refractivity contribution in [3.63, 3.8) is 0 Å². The Labute approximate surface area is 239 Å². The van der Waals surface area contributed by atoms with Gasteiger partial charge < -0.3 is 19.7 Å². The minimum Gasteiger partial charge on any atom is -0.493 e. The maximum Gasteiger partial charge on any atom is 0.336 e. The molecule has 0 saturated carbocycles. The number of aromatic nitrogens is 1. The number of carboxylic acids is 1. The number of ether oxygens (including phenoxy) is 1. The zero-order chi connectivity index (χ0) is 28.5. The van der Waals surface area contributed by atoms with Gasteiger partial charge in [-0.2, -0.15) is 0 Å². The van der Waals surface area contributed by atoms with Gasteiger partial charge in [0.2, 0.25) is 0 Å². The molecule has 0 saturated heterocycles. The number of nitrogens with one attached hydrogen (secondary N) is 1. The molecule has 1 unspecified atom stereocenters. The lowest BCUT2D eigenvalue weighted by Gasteiger charge is -2.25. The van der Waals surface area contributed by atoms with E-state index in [4.69, 9.17) is 4.74 Å². The molecule has 5 aromatic rings. The molecule has 6 rings (SSSR count). The molecule has 2 heterocycles. The summed E-state index contributed by atoms with van der Waals surface area (Å²) in [6, 6.07) is 29.1. The number of carbonyl (C=O) groups is 2. The average molecular weight is 545 g/mol. The van der Waals surface area contributed by atoms with Crippen LogP contribution in [-0.4, -0.2) is 34.7 Å². The van der Waals surface area contributed by atoms with Crippen LogP contribution in [0.4, 0.5) is 0 Å². The Balaban J connectivity index is 1.17. The topological polar surface area (TPSA) is 80.6 Å². The molecule has 1 aliphatic rings. The summed E-state index contributed by atoms with van der Waals surface area (Å²) in [5.74, 6) is 0.172. The number of fused-ring (bicyclic) bond motifs is 2. The molecule has 1 amide bonds. The van der Waals surface area contributed by atoms with Crippen LogP contribution in [0, 0.1) is 19.8 Å². The predicted octanol–water partition coefficient (Wildman–Crippen LogP) is 6.65. The molecule has 1 atom stereocenters. The molecule has 1 aliphatic heterocycles. The van der Waals surface area contributed by atoms with E-state index in [0.717, 1.165) is 45.5 Å². The molecule has 0 fully saturated rings. The fourth-order valence-electron chi connectivity index (χ4n) is 5.75. The van der Waals surface area contributed by atoms with Crippen LogP contribution in [0.15, 0.2) is 91.0 Å². The third-order valence-electron chi connectivity index (χ3n) is 8.17. The first-order valence-electron chi connectivity index (χ1n) is 13.9. The predicted molar refractivity (Wildman–Crippen MR) is 161 cm³/mol. The van der Waals surface area contributed by atoms with Crippen molar-refractivity contribution in [3.8, 4) is 16.9 Å². The fourth-order valence-corrected chi connectivity index (χ4v) is 5.75. The molecule has 4 aromatic carbocycles. The van der Waals surface area contributed by atoms with Crippen molar-refractivity contribution in [1.82, 2.24) is 9.88 Å². The summed E-state index contributed by atoms with van der Waals surface area (Å²) in [5.41, 5.74) is 8.19. The van der Waals surface area contributed by atoms with Crippen LogP contribution in [0.2, 0.25) is 0 Å². The summed E-state index contributed by atoms with van der Waals surface area (Å²) in [7, 11) is 0. The Morgan fingerprint density at radius 3 is 2.51 bits per heavy atom. The molecule has 0 bridgehead atoms. The smallest absolute Gasteiger partial charge is 0.336 e. The number of para-hydroxylation sites is 1. The van der Waals surface area contributed by atoms with E-state index >= 15 is 0 Å². The van der Waals surface area contributed by atoms with Gasteiger partial charge in [0.05, 0.1) is 12.2 Å². The highest BCUT2D eigenvalue weighted by molar-refractivity contribution is 5.99. The van der Waals surface area contributed by atoms with E-state index in [9.17, 15) is 14.7 Å². The molecule has 0 radical (unpaired) electrons. The minimum atomic E-state index is -0.934. The lowest BCUT2D eigenvalue weighted by molar-refractivity contribution is 0.0697. The Morgan fingerprint density at radius 2 is 1.71 bits per heavy atom. The van der Waals surface area contributed by atoms with Gasteiger partial charge in [-0.1, -0.05) is 60.7 Å². The second kappa shape index (κ2) is 11.0. The van der Waals surface area contributed by atoms with Gasteiger partial charge in [-0.05, 0) is 78.4 Å². The number of benzene rings is 4. The molecule has 41 heavy (non-hydrogen) atoms. The summed E-state index contributed by atoms with van der Waals surface area (Å²) in [4.78, 5) is 24.7. The van der Waals surface area contributed by atoms with E-state index in [2.05, 4.69) is 29.8 Å². The van der Waals surface area contributed by atoms with Crippen molar-refractivity contribution in [2.24, 2.45) is 5.92 Å². The number of carbonyl (C=O) groups excluding carboxylic acids is 1. The minimum absolute atomic E-state index is 0.0761. The van der Waals surface area contributed by atoms with E-state index in [-0.39, 0.29) is 11.8 Å². The van der Waals surface area contributed by atoms with E-state index in [1.54, 1.807) is 12.1 Å². The van der Waals surface area contributed by atoms with Crippen LogP contribution in [0.25, 0.3) is 22.0 Å². The number of hydrogen-bond donors (Lipinski definition) is 2. The third-order valence-corrected chi connectivity index (χ3v) is 8.17. The summed E-state index contributed by atoms with van der Waals surface area (Å²) < 4.78 is 8.15. The Kier molecular flexibility index (Phi) is 7.06. The molecular formula is C35H32N2O4. The zero-order valence-corrected chi connectivity index (χ0v) is 23.2. The lowest BCUT2D eigenvalue weighted by atomic mass is 9.96. The normalized spacial score (nSPS) is 14.3. The van der Waals surface area contributed by atoms with Gasteiger partial charge in [0.15, 0.2) is 0 Å². The van der Waals surface area contributed by atoms with Crippen LogP contribution in [-0.2, 0) is 13.0 Å². The summed E-state index contributed by atoms with van der Waals surface area (Å²) in [5, 5.41) is 13.7. The first-order chi connectivity index (χ1) is 19.9. The van der Waals surface area contributed by atoms with Crippen molar-refractivity contribution >= 4 is 22.8 Å². The summed E-state index contributed by atoms with van der Waals surface area (Å²) >= 11 is 0. The van der Waals surface area contributed by atoms with Gasteiger partial charge in [0, 0.05) is 41.2 Å². The highest BCUT2D eigenvalue weighted by Gasteiger charge is 2.21. The van der Waals surface area contributed by atoms with Crippen molar-refractivity contribution in [2.75, 3.05) is 13.2 Å². The molecule has 1 aromatic heterocycles. The van der Waals surface area contributed by atoms with Crippen LogP contribution >= 0.6 is 0 Å². The Morgan fingerprint density at radius 1 is 0.951 bits per heavy atom. The first-order valence-corrected chi connectivity index (χ1v) is 13.9. The number of rotatable bonds is 7. The van der Waals surface area contributed by atoms with Gasteiger partial charge in [0.25, 0.3) is 5.91 Å². The largest absolute Gasteiger partial charge is 0.493 e. The van der Waals surface area contributed by atoms with E-state index in [0.29, 0.717) is 36.4 Å². The van der Waals surface area contributed by atoms with Gasteiger partial charge in [0.1, 0.15) is 5.75 Å². The number of aromatic carboxylic acids is 1. The molecule has 6 heteroatoms. The average Bonchev–Trinajstić information content (AvgIpc) is 3.24. The second-order valence-corrected chi connectivity index (χ2v) is 10.8. The monoisotopic (exact) mass is 544 g/mol. The zero-order valence-electron chi connectivity index (χ0n) is 23.2. The van der Waals surface area contributed by atoms with Gasteiger partial charge in [-0.25, -0.2) is 4.79 Å². The Bertz CT molecular complexity index is 1770. The van der Waals surface area contributed by atoms with Gasteiger partial charge in [-0.15, -0.1) is 0 Å². The van der Waals surface area contributed by atoms with Gasteiger partial charge >= 0.3 is 5.97 Å². The summed E-state index contributed by atoms with van der Waals surface area (Å²) in [6.07, 6.45) is 0.893. The van der Waals surface area contributed by atoms with Gasteiger partial charge in [-0.3, -0.25) is 4.79 Å². The number of amides is 1. The number of carboxylic acid groups (broad SMARTS) is 1. The Hall–Kier alpha value is -4.84. The third kappa shape index (κ3) is 5.21. The molecule has 0 spiro atoms. The number of hydrogen-bond acceptors (Lipinski definition) is 3. The van der Waals surface area contributed by atoms with Crippen LogP contribution in [0.1, 0.15) is 43.1 Å². The standard InChI is InChI=1S/C35H32N2O4/c1-22-23(2)37(20-24-11-13-26(14-12-24)29-8-4-5-9-30(29)35(39)40)32-16-15-28(18-31(22)32)34(38)36-19-25-17-27-7-3-6-10-33(27)41-21-25/h3-16,18,25H,17,19-21H2,1-2H3,(H,36,38)(H,39,40). The molecule has 6 nitrogen and oxygen atoms in total. The van der Waals surface area contributed by atoms with E-state index in [1.165, 1.54) is 5.56 Å². The van der Waals surface area contributed by atoms with Crippen LogP contribution in [0.3, 0.4) is 0 Å². The maximum absolute atomic E-state index is 13.1. The molecule has 0 aliphatic carbocycles. The van der Waals surface area contributed by atoms with E-state index in [1.807, 2.05) is 72.8 Å². The molecule has 2 N–H and O–H groups in total. The molecular weight excluding hydrogens is 512 g/mol. The summed E-state index contributed by atoms with van der Waals surface area (Å²) in [6.45, 7) is 6.04. The van der Waals surface area contributed by atoms with Crippen molar-refractivity contribution in [1.29, 1.82) is 0 Å². The highest BCUT2D eigenvalue weighted by atomic mass is 16.5. The van der Waals surface area contributed by atoms with Crippen molar-refractivity contribution in [2.45, 2.75) is 26.8 Å². The first kappa shape index (κ1) is 26.4. The fraction of sp³-hybridized carbons (Fsp3) is 0.200. The van der Waals surface area contributed by atoms with E-state index < -0.39 is 5.97 Å². The SMILES string of the molecule is Cc1c(C)n(Cc2ccc(-c3ccccc3C(=O)O)cc2)c2ccc(C(=O)NCC3COc4ccccc4C3)cc12. The molecule has 206 valence electrons. The van der Waals surface area contributed by atoms with Crippen molar-refractivity contribution in [3.05, 3.63) is 125 Å². The van der Waals surface area contributed by atoms with Crippen LogP contribution in [0.5, 0.6) is 5.75 Å². The lowest BCUT2D eigenvalue weighted by Crippen LogP contribution is -2.34. The quantitative estimate of drug-likeness (QED) is 0.240. The number of aryl methyl sites for hydroxylation is 1. The van der Waals surface area contributed by atoms with Crippen LogP contribution < -0.4 is 10.1 Å². The number of nitrogens with zero attached hydrogens (tertiary/aromatic N) is 1. The maximum atomic E-state index is 13.1.